The van der Waals surface area contributed by atoms with Gasteiger partial charge in [-0.3, -0.25) is 0 Å². The van der Waals surface area contributed by atoms with Crippen LogP contribution in [0.4, 0.5) is 5.95 Å². The van der Waals surface area contributed by atoms with Crippen LogP contribution in [0.5, 0.6) is 0 Å². The van der Waals surface area contributed by atoms with Crippen molar-refractivity contribution in [3.05, 3.63) is 17.5 Å². The second-order valence-electron chi connectivity index (χ2n) is 4.21. The summed E-state index contributed by atoms with van der Waals surface area (Å²) in [6, 6.07) is 2.58. The summed E-state index contributed by atoms with van der Waals surface area (Å²) in [4.78, 5) is 8.33. The summed E-state index contributed by atoms with van der Waals surface area (Å²) in [6.45, 7) is 3.08. The van der Waals surface area contributed by atoms with Gasteiger partial charge in [0.2, 0.25) is 5.95 Å². The zero-order valence-corrected chi connectivity index (χ0v) is 9.16. The standard InChI is InChI=1S/C11H18N4/c1-8-6-10(15-11(12)14-8)7-9-4-2-3-5-13-9/h6,9,13H,2-5,7H2,1H3,(H2,12,14,15). The van der Waals surface area contributed by atoms with Gasteiger partial charge < -0.3 is 11.1 Å². The van der Waals surface area contributed by atoms with Gasteiger partial charge in [0.1, 0.15) is 0 Å². The van der Waals surface area contributed by atoms with E-state index in [1.807, 2.05) is 13.0 Å². The summed E-state index contributed by atoms with van der Waals surface area (Å²) >= 11 is 0. The molecule has 0 saturated carbocycles. The van der Waals surface area contributed by atoms with Gasteiger partial charge in [0, 0.05) is 23.9 Å². The Bertz CT molecular complexity index is 311. The minimum atomic E-state index is 0.390. The fraction of sp³-hybridized carbons (Fsp3) is 0.636. The minimum Gasteiger partial charge on any atom is -0.368 e. The van der Waals surface area contributed by atoms with Crippen LogP contribution in [-0.4, -0.2) is 22.6 Å². The maximum atomic E-state index is 5.62. The van der Waals surface area contributed by atoms with Crippen molar-refractivity contribution in [2.75, 3.05) is 12.3 Å². The van der Waals surface area contributed by atoms with Crippen LogP contribution in [0, 0.1) is 6.92 Å². The van der Waals surface area contributed by atoms with Crippen LogP contribution in [-0.2, 0) is 6.42 Å². The number of hydrogen-bond donors (Lipinski definition) is 2. The van der Waals surface area contributed by atoms with E-state index < -0.39 is 0 Å². The normalized spacial score (nSPS) is 21.5. The van der Waals surface area contributed by atoms with Crippen LogP contribution in [0.15, 0.2) is 6.07 Å². The molecule has 1 aliphatic heterocycles. The fourth-order valence-electron chi connectivity index (χ4n) is 2.11. The van der Waals surface area contributed by atoms with Gasteiger partial charge in [-0.25, -0.2) is 9.97 Å². The minimum absolute atomic E-state index is 0.390. The Morgan fingerprint density at radius 2 is 2.33 bits per heavy atom. The molecule has 1 aromatic heterocycles. The number of nitrogens with one attached hydrogen (secondary N) is 1. The van der Waals surface area contributed by atoms with E-state index >= 15 is 0 Å². The van der Waals surface area contributed by atoms with E-state index in [1.54, 1.807) is 0 Å². The number of rotatable bonds is 2. The molecule has 1 aromatic rings. The molecule has 3 N–H and O–H groups in total. The maximum Gasteiger partial charge on any atom is 0.220 e. The van der Waals surface area contributed by atoms with Crippen molar-refractivity contribution < 1.29 is 0 Å². The summed E-state index contributed by atoms with van der Waals surface area (Å²) in [5.74, 6) is 0.390. The number of anilines is 1. The van der Waals surface area contributed by atoms with E-state index in [-0.39, 0.29) is 0 Å². The van der Waals surface area contributed by atoms with Gasteiger partial charge in [-0.05, 0) is 32.4 Å². The number of piperidine rings is 1. The Morgan fingerprint density at radius 1 is 1.47 bits per heavy atom. The molecule has 2 heterocycles. The molecule has 0 aromatic carbocycles. The monoisotopic (exact) mass is 206 g/mol. The molecule has 0 spiro atoms. The Morgan fingerprint density at radius 3 is 3.00 bits per heavy atom. The Kier molecular flexibility index (Phi) is 3.16. The molecular formula is C11H18N4. The summed E-state index contributed by atoms with van der Waals surface area (Å²) in [7, 11) is 0. The smallest absolute Gasteiger partial charge is 0.220 e. The molecule has 82 valence electrons. The third-order valence-electron chi connectivity index (χ3n) is 2.79. The number of nitrogens with two attached hydrogens (primary N) is 1. The molecule has 0 amide bonds. The first-order valence-corrected chi connectivity index (χ1v) is 5.57. The highest BCUT2D eigenvalue weighted by Crippen LogP contribution is 2.12. The van der Waals surface area contributed by atoms with Crippen LogP contribution in [0.25, 0.3) is 0 Å². The van der Waals surface area contributed by atoms with E-state index in [4.69, 9.17) is 5.73 Å². The topological polar surface area (TPSA) is 63.8 Å². The SMILES string of the molecule is Cc1cc(CC2CCCCN2)nc(N)n1. The van der Waals surface area contributed by atoms with Crippen LogP contribution < -0.4 is 11.1 Å². The fourth-order valence-corrected chi connectivity index (χ4v) is 2.11. The first kappa shape index (κ1) is 10.4. The van der Waals surface area contributed by atoms with Gasteiger partial charge in [0.05, 0.1) is 0 Å². The molecule has 1 unspecified atom stereocenters. The molecule has 0 aliphatic carbocycles. The lowest BCUT2D eigenvalue weighted by atomic mass is 10.0. The third kappa shape index (κ3) is 2.89. The van der Waals surface area contributed by atoms with Crippen molar-refractivity contribution in [2.45, 2.75) is 38.6 Å². The zero-order chi connectivity index (χ0) is 10.7. The number of nitrogen functional groups attached to an aromatic ring is 1. The van der Waals surface area contributed by atoms with E-state index in [1.165, 1.54) is 19.3 Å². The molecule has 15 heavy (non-hydrogen) atoms. The number of aryl methyl sites for hydroxylation is 1. The predicted octanol–water partition coefficient (Wildman–Crippen LogP) is 1.05. The van der Waals surface area contributed by atoms with Gasteiger partial charge in [0.25, 0.3) is 0 Å². The number of aromatic nitrogens is 2. The summed E-state index contributed by atoms with van der Waals surface area (Å²) in [6.07, 6.45) is 4.81. The molecule has 0 radical (unpaired) electrons. The number of hydrogen-bond acceptors (Lipinski definition) is 4. The van der Waals surface area contributed by atoms with Crippen LogP contribution in [0.3, 0.4) is 0 Å². The van der Waals surface area contributed by atoms with E-state index in [0.717, 1.165) is 24.4 Å². The Balaban J connectivity index is 2.02. The highest BCUT2D eigenvalue weighted by atomic mass is 15.0. The summed E-state index contributed by atoms with van der Waals surface area (Å²) in [5.41, 5.74) is 7.63. The van der Waals surface area contributed by atoms with Gasteiger partial charge in [-0.2, -0.15) is 0 Å². The molecule has 1 atom stereocenters. The van der Waals surface area contributed by atoms with Gasteiger partial charge in [-0.15, -0.1) is 0 Å². The lowest BCUT2D eigenvalue weighted by molar-refractivity contribution is 0.397. The lowest BCUT2D eigenvalue weighted by Crippen LogP contribution is -2.35. The van der Waals surface area contributed by atoms with Gasteiger partial charge in [-0.1, -0.05) is 6.42 Å². The van der Waals surface area contributed by atoms with Crippen molar-refractivity contribution in [1.29, 1.82) is 0 Å². The summed E-state index contributed by atoms with van der Waals surface area (Å²) < 4.78 is 0. The molecule has 4 nitrogen and oxygen atoms in total. The molecule has 4 heteroatoms. The second kappa shape index (κ2) is 4.57. The third-order valence-corrected chi connectivity index (χ3v) is 2.79. The second-order valence-corrected chi connectivity index (χ2v) is 4.21. The lowest BCUT2D eigenvalue weighted by Gasteiger charge is -2.23. The van der Waals surface area contributed by atoms with Gasteiger partial charge >= 0.3 is 0 Å². The van der Waals surface area contributed by atoms with Crippen molar-refractivity contribution in [1.82, 2.24) is 15.3 Å². The van der Waals surface area contributed by atoms with Crippen molar-refractivity contribution in [3.8, 4) is 0 Å². The largest absolute Gasteiger partial charge is 0.368 e. The van der Waals surface area contributed by atoms with E-state index in [0.29, 0.717) is 12.0 Å². The molecular weight excluding hydrogens is 188 g/mol. The first-order chi connectivity index (χ1) is 7.24. The van der Waals surface area contributed by atoms with Crippen molar-refractivity contribution in [3.63, 3.8) is 0 Å². The van der Waals surface area contributed by atoms with Crippen molar-refractivity contribution >= 4 is 5.95 Å². The zero-order valence-electron chi connectivity index (χ0n) is 9.16. The molecule has 1 saturated heterocycles. The highest BCUT2D eigenvalue weighted by molar-refractivity contribution is 5.22. The summed E-state index contributed by atoms with van der Waals surface area (Å²) in [5, 5.41) is 3.51. The quantitative estimate of drug-likeness (QED) is 0.759. The molecule has 2 rings (SSSR count). The Labute approximate surface area is 90.3 Å². The molecule has 1 aliphatic rings. The van der Waals surface area contributed by atoms with E-state index in [9.17, 15) is 0 Å². The van der Waals surface area contributed by atoms with Crippen LogP contribution in [0.2, 0.25) is 0 Å². The number of nitrogens with zero attached hydrogens (tertiary/aromatic N) is 2. The van der Waals surface area contributed by atoms with Gasteiger partial charge in [0.15, 0.2) is 0 Å². The average Bonchev–Trinajstić information content (AvgIpc) is 2.17. The van der Waals surface area contributed by atoms with Crippen LogP contribution >= 0.6 is 0 Å². The maximum absolute atomic E-state index is 5.62. The molecule has 1 fully saturated rings. The van der Waals surface area contributed by atoms with Crippen molar-refractivity contribution in [2.24, 2.45) is 0 Å². The predicted molar refractivity (Wildman–Crippen MR) is 60.5 cm³/mol. The Hall–Kier alpha value is -1.16. The van der Waals surface area contributed by atoms with Crippen LogP contribution in [0.1, 0.15) is 30.7 Å². The molecule has 0 bridgehead atoms. The van der Waals surface area contributed by atoms with E-state index in [2.05, 4.69) is 15.3 Å². The average molecular weight is 206 g/mol. The highest BCUT2D eigenvalue weighted by Gasteiger charge is 2.14. The first-order valence-electron chi connectivity index (χ1n) is 5.57.